The molecule has 28 heavy (non-hydrogen) atoms. The third-order valence-electron chi connectivity index (χ3n) is 5.98. The fraction of sp³-hybridized carbons (Fsp3) is 0.435. The number of carbonyl (C=O) groups is 2. The number of rotatable bonds is 5. The first kappa shape index (κ1) is 18.7. The summed E-state index contributed by atoms with van der Waals surface area (Å²) in [7, 11) is 0. The van der Waals surface area contributed by atoms with E-state index >= 15 is 0 Å². The van der Waals surface area contributed by atoms with Crippen LogP contribution in [-0.4, -0.2) is 27.7 Å². The van der Waals surface area contributed by atoms with E-state index in [2.05, 4.69) is 10.3 Å². The van der Waals surface area contributed by atoms with Gasteiger partial charge in [0.15, 0.2) is 0 Å². The maximum Gasteiger partial charge on any atom is 0.255 e. The van der Waals surface area contributed by atoms with Gasteiger partial charge in [0.2, 0.25) is 5.91 Å². The second-order valence-corrected chi connectivity index (χ2v) is 8.05. The lowest BCUT2D eigenvalue weighted by molar-refractivity contribution is -0.121. The number of anilines is 1. The summed E-state index contributed by atoms with van der Waals surface area (Å²) in [6, 6.07) is 11.0. The van der Waals surface area contributed by atoms with Gasteiger partial charge in [0.1, 0.15) is 11.9 Å². The van der Waals surface area contributed by atoms with Crippen molar-refractivity contribution in [2.24, 2.45) is 5.92 Å². The highest BCUT2D eigenvalue weighted by Crippen LogP contribution is 2.32. The van der Waals surface area contributed by atoms with Crippen molar-refractivity contribution in [1.82, 2.24) is 9.88 Å². The van der Waals surface area contributed by atoms with Gasteiger partial charge in [-0.2, -0.15) is 0 Å². The predicted molar refractivity (Wildman–Crippen MR) is 109 cm³/mol. The average molecular weight is 377 g/mol. The van der Waals surface area contributed by atoms with Crippen molar-refractivity contribution in [1.29, 1.82) is 0 Å². The first-order chi connectivity index (χ1) is 13.6. The monoisotopic (exact) mass is 377 g/mol. The topological polar surface area (TPSA) is 62.3 Å². The standard InChI is InChI=1S/C23H27N3O2/c1-16-11-12-24-21(13-16)25-22(27)20(14-17-7-3-2-4-8-17)26-15-18-9-5-6-10-19(18)23(26)28/h5-6,9-13,17,20H,2-4,7-8,14-15H2,1H3,(H,24,25,27)/t20-/m1/s1. The molecule has 146 valence electrons. The molecule has 4 rings (SSSR count). The van der Waals surface area contributed by atoms with Crippen molar-refractivity contribution in [3.8, 4) is 0 Å². The van der Waals surface area contributed by atoms with E-state index in [1.54, 1.807) is 11.1 Å². The number of nitrogens with one attached hydrogen (secondary N) is 1. The van der Waals surface area contributed by atoms with E-state index in [1.165, 1.54) is 19.3 Å². The molecule has 0 spiro atoms. The summed E-state index contributed by atoms with van der Waals surface area (Å²) >= 11 is 0. The minimum atomic E-state index is -0.467. The van der Waals surface area contributed by atoms with Gasteiger partial charge in [-0.15, -0.1) is 0 Å². The number of aryl methyl sites for hydroxylation is 1. The smallest absolute Gasteiger partial charge is 0.255 e. The summed E-state index contributed by atoms with van der Waals surface area (Å²) in [4.78, 5) is 32.3. The van der Waals surface area contributed by atoms with Crippen LogP contribution in [0.4, 0.5) is 5.82 Å². The molecule has 0 saturated heterocycles. The zero-order valence-corrected chi connectivity index (χ0v) is 16.4. The van der Waals surface area contributed by atoms with Crippen LogP contribution >= 0.6 is 0 Å². The average Bonchev–Trinajstić information content (AvgIpc) is 3.03. The highest BCUT2D eigenvalue weighted by molar-refractivity contribution is 6.03. The lowest BCUT2D eigenvalue weighted by atomic mass is 9.84. The van der Waals surface area contributed by atoms with Crippen LogP contribution in [-0.2, 0) is 11.3 Å². The quantitative estimate of drug-likeness (QED) is 0.844. The Morgan fingerprint density at radius 1 is 1.21 bits per heavy atom. The highest BCUT2D eigenvalue weighted by atomic mass is 16.2. The summed E-state index contributed by atoms with van der Waals surface area (Å²) in [5.41, 5.74) is 2.76. The largest absolute Gasteiger partial charge is 0.322 e. The molecule has 1 atom stereocenters. The number of pyridine rings is 1. The van der Waals surface area contributed by atoms with Crippen LogP contribution in [0, 0.1) is 12.8 Å². The van der Waals surface area contributed by atoms with Gasteiger partial charge in [0, 0.05) is 18.3 Å². The summed E-state index contributed by atoms with van der Waals surface area (Å²) in [5, 5.41) is 2.95. The molecule has 5 heteroatoms. The Morgan fingerprint density at radius 3 is 2.75 bits per heavy atom. The number of carbonyl (C=O) groups excluding carboxylic acids is 2. The van der Waals surface area contributed by atoms with Crippen LogP contribution in [0.2, 0.25) is 0 Å². The third-order valence-corrected chi connectivity index (χ3v) is 5.98. The summed E-state index contributed by atoms with van der Waals surface area (Å²) < 4.78 is 0. The van der Waals surface area contributed by atoms with Gasteiger partial charge >= 0.3 is 0 Å². The Labute approximate surface area is 166 Å². The minimum Gasteiger partial charge on any atom is -0.322 e. The van der Waals surface area contributed by atoms with Gasteiger partial charge in [-0.25, -0.2) is 4.98 Å². The molecule has 1 saturated carbocycles. The van der Waals surface area contributed by atoms with Crippen molar-refractivity contribution in [2.75, 3.05) is 5.32 Å². The van der Waals surface area contributed by atoms with Crippen LogP contribution in [0.1, 0.15) is 60.0 Å². The summed E-state index contributed by atoms with van der Waals surface area (Å²) in [6.45, 7) is 2.47. The fourth-order valence-electron chi connectivity index (χ4n) is 4.46. The summed E-state index contributed by atoms with van der Waals surface area (Å²) in [5.74, 6) is 0.864. The third kappa shape index (κ3) is 3.93. The lowest BCUT2D eigenvalue weighted by Gasteiger charge is -2.31. The molecule has 1 aliphatic carbocycles. The number of nitrogens with zero attached hydrogens (tertiary/aromatic N) is 2. The number of hydrogen-bond acceptors (Lipinski definition) is 3. The molecule has 2 aliphatic rings. The van der Waals surface area contributed by atoms with Crippen LogP contribution in [0.5, 0.6) is 0 Å². The second kappa shape index (κ2) is 8.13. The first-order valence-electron chi connectivity index (χ1n) is 10.2. The van der Waals surface area contributed by atoms with Gasteiger partial charge in [0.25, 0.3) is 5.91 Å². The Kier molecular flexibility index (Phi) is 5.42. The van der Waals surface area contributed by atoms with Crippen molar-refractivity contribution in [2.45, 2.75) is 58.0 Å². The Bertz CT molecular complexity index is 874. The van der Waals surface area contributed by atoms with E-state index in [4.69, 9.17) is 0 Å². The number of aromatic nitrogens is 1. The molecule has 5 nitrogen and oxygen atoms in total. The van der Waals surface area contributed by atoms with E-state index in [0.29, 0.717) is 18.3 Å². The number of hydrogen-bond donors (Lipinski definition) is 1. The molecule has 0 radical (unpaired) electrons. The molecular weight excluding hydrogens is 350 g/mol. The van der Waals surface area contributed by atoms with Crippen molar-refractivity contribution in [3.05, 3.63) is 59.3 Å². The molecule has 0 unspecified atom stereocenters. The van der Waals surface area contributed by atoms with Crippen molar-refractivity contribution in [3.63, 3.8) is 0 Å². The van der Waals surface area contributed by atoms with Crippen molar-refractivity contribution >= 4 is 17.6 Å². The van der Waals surface area contributed by atoms with Crippen LogP contribution in [0.3, 0.4) is 0 Å². The maximum atomic E-state index is 13.2. The number of fused-ring (bicyclic) bond motifs is 1. The highest BCUT2D eigenvalue weighted by Gasteiger charge is 2.37. The maximum absolute atomic E-state index is 13.2. The van der Waals surface area contributed by atoms with E-state index in [0.717, 1.165) is 36.0 Å². The minimum absolute atomic E-state index is 0.0382. The van der Waals surface area contributed by atoms with E-state index in [-0.39, 0.29) is 11.8 Å². The molecule has 0 bridgehead atoms. The molecule has 1 aliphatic heterocycles. The van der Waals surface area contributed by atoms with E-state index < -0.39 is 6.04 Å². The summed E-state index contributed by atoms with van der Waals surface area (Å²) in [6.07, 6.45) is 8.39. The van der Waals surface area contributed by atoms with Crippen LogP contribution in [0.15, 0.2) is 42.6 Å². The SMILES string of the molecule is Cc1ccnc(NC(=O)[C@@H](CC2CCCCC2)N2Cc3ccccc3C2=O)c1. The molecule has 1 N–H and O–H groups in total. The zero-order valence-electron chi connectivity index (χ0n) is 16.4. The van der Waals surface area contributed by atoms with Crippen LogP contribution < -0.4 is 5.32 Å². The number of benzene rings is 1. The fourth-order valence-corrected chi connectivity index (χ4v) is 4.46. The predicted octanol–water partition coefficient (Wildman–Crippen LogP) is 4.32. The molecule has 2 heterocycles. The van der Waals surface area contributed by atoms with E-state index in [9.17, 15) is 9.59 Å². The molecule has 2 amide bonds. The van der Waals surface area contributed by atoms with Crippen LogP contribution in [0.25, 0.3) is 0 Å². The van der Waals surface area contributed by atoms with Crippen molar-refractivity contribution < 1.29 is 9.59 Å². The van der Waals surface area contributed by atoms with Gasteiger partial charge in [-0.3, -0.25) is 9.59 Å². The van der Waals surface area contributed by atoms with Gasteiger partial charge in [0.05, 0.1) is 0 Å². The first-order valence-corrected chi connectivity index (χ1v) is 10.2. The van der Waals surface area contributed by atoms with Gasteiger partial charge < -0.3 is 10.2 Å². The normalized spacial score (nSPS) is 18.0. The van der Waals surface area contributed by atoms with E-state index in [1.807, 2.05) is 43.3 Å². The second-order valence-electron chi connectivity index (χ2n) is 8.05. The van der Waals surface area contributed by atoms with Gasteiger partial charge in [-0.1, -0.05) is 50.3 Å². The zero-order chi connectivity index (χ0) is 19.5. The molecular formula is C23H27N3O2. The Morgan fingerprint density at radius 2 is 2.00 bits per heavy atom. The molecule has 1 fully saturated rings. The Balaban J connectivity index is 1.57. The Hall–Kier alpha value is -2.69. The number of amides is 2. The molecule has 1 aromatic carbocycles. The lowest BCUT2D eigenvalue weighted by Crippen LogP contribution is -2.45. The molecule has 2 aromatic rings. The molecule has 1 aromatic heterocycles. The van der Waals surface area contributed by atoms with Gasteiger partial charge in [-0.05, 0) is 48.6 Å².